The van der Waals surface area contributed by atoms with Crippen molar-refractivity contribution in [3.63, 3.8) is 0 Å². The Morgan fingerprint density at radius 1 is 1.50 bits per heavy atom. The molecule has 1 N–H and O–H groups in total. The van der Waals surface area contributed by atoms with Crippen molar-refractivity contribution in [1.82, 2.24) is 0 Å². The molecule has 0 amide bonds. The van der Waals surface area contributed by atoms with Crippen LogP contribution in [0.15, 0.2) is 24.3 Å². The summed E-state index contributed by atoms with van der Waals surface area (Å²) in [5.74, 6) is 0.749. The second-order valence-corrected chi connectivity index (χ2v) is 3.43. The highest BCUT2D eigenvalue weighted by molar-refractivity contribution is 5.94. The van der Waals surface area contributed by atoms with Gasteiger partial charge in [0.25, 0.3) is 0 Å². The average Bonchev–Trinajstić information content (AvgIpc) is 2.29. The van der Waals surface area contributed by atoms with E-state index in [1.807, 2.05) is 12.2 Å². The first-order chi connectivity index (χ1) is 7.69. The first kappa shape index (κ1) is 12.5. The Bertz CT molecular complexity index is 394. The van der Waals surface area contributed by atoms with Crippen molar-refractivity contribution in [2.24, 2.45) is 0 Å². The van der Waals surface area contributed by atoms with Crippen LogP contribution in [0.2, 0.25) is 0 Å². The van der Waals surface area contributed by atoms with Crippen LogP contribution in [0.25, 0.3) is 6.08 Å². The Morgan fingerprint density at radius 2 is 2.25 bits per heavy atom. The van der Waals surface area contributed by atoms with E-state index in [4.69, 9.17) is 9.84 Å². The fraction of sp³-hybridized carbons (Fsp3) is 0.308. The van der Waals surface area contributed by atoms with Gasteiger partial charge in [-0.15, -0.1) is 0 Å². The number of ketones is 1. The standard InChI is InChI=1S/C13H16O3/c1-10(15)11-6-7-13(16-2)12(9-11)5-3-4-8-14/h3,5-7,9,14H,4,8H2,1-2H3. The molecule has 0 radical (unpaired) electrons. The fourth-order valence-corrected chi connectivity index (χ4v) is 1.37. The van der Waals surface area contributed by atoms with Gasteiger partial charge in [0.1, 0.15) is 5.75 Å². The fourth-order valence-electron chi connectivity index (χ4n) is 1.37. The van der Waals surface area contributed by atoms with E-state index in [1.165, 1.54) is 6.92 Å². The van der Waals surface area contributed by atoms with Crippen molar-refractivity contribution in [2.75, 3.05) is 13.7 Å². The zero-order valence-electron chi connectivity index (χ0n) is 9.56. The lowest BCUT2D eigenvalue weighted by Crippen LogP contribution is -1.94. The molecule has 0 bridgehead atoms. The van der Waals surface area contributed by atoms with Crippen LogP contribution in [0.4, 0.5) is 0 Å². The van der Waals surface area contributed by atoms with Crippen molar-refractivity contribution in [1.29, 1.82) is 0 Å². The molecule has 0 aromatic heterocycles. The number of benzene rings is 1. The van der Waals surface area contributed by atoms with E-state index in [2.05, 4.69) is 0 Å². The van der Waals surface area contributed by atoms with Crippen molar-refractivity contribution in [3.8, 4) is 5.75 Å². The number of ether oxygens (including phenoxy) is 1. The summed E-state index contributed by atoms with van der Waals surface area (Å²) in [6.07, 6.45) is 4.29. The molecular formula is C13H16O3. The Morgan fingerprint density at radius 3 is 2.81 bits per heavy atom. The summed E-state index contributed by atoms with van der Waals surface area (Å²) < 4.78 is 5.19. The molecule has 0 saturated heterocycles. The zero-order valence-corrected chi connectivity index (χ0v) is 9.56. The normalized spacial score (nSPS) is 10.7. The van der Waals surface area contributed by atoms with Crippen LogP contribution in [0, 0.1) is 0 Å². The molecule has 3 nitrogen and oxygen atoms in total. The summed E-state index contributed by atoms with van der Waals surface area (Å²) in [6, 6.07) is 5.30. The Labute approximate surface area is 95.4 Å². The van der Waals surface area contributed by atoms with Crippen LogP contribution in [-0.2, 0) is 0 Å². The Balaban J connectivity index is 3.02. The molecule has 3 heteroatoms. The van der Waals surface area contributed by atoms with Gasteiger partial charge in [0, 0.05) is 17.7 Å². The zero-order chi connectivity index (χ0) is 12.0. The van der Waals surface area contributed by atoms with Gasteiger partial charge in [-0.1, -0.05) is 12.2 Å². The molecule has 0 spiro atoms. The van der Waals surface area contributed by atoms with Gasteiger partial charge in [0.2, 0.25) is 0 Å². The van der Waals surface area contributed by atoms with E-state index in [1.54, 1.807) is 25.3 Å². The van der Waals surface area contributed by atoms with Gasteiger partial charge < -0.3 is 9.84 Å². The number of rotatable bonds is 5. The van der Waals surface area contributed by atoms with Crippen molar-refractivity contribution in [2.45, 2.75) is 13.3 Å². The molecule has 0 atom stereocenters. The number of hydrogen-bond acceptors (Lipinski definition) is 3. The van der Waals surface area contributed by atoms with E-state index in [0.29, 0.717) is 12.0 Å². The highest BCUT2D eigenvalue weighted by Gasteiger charge is 2.04. The third kappa shape index (κ3) is 3.21. The maximum absolute atomic E-state index is 11.2. The summed E-state index contributed by atoms with van der Waals surface area (Å²) in [5.41, 5.74) is 1.51. The number of carbonyl (C=O) groups is 1. The molecule has 0 aliphatic heterocycles. The first-order valence-electron chi connectivity index (χ1n) is 5.15. The molecule has 0 saturated carbocycles. The van der Waals surface area contributed by atoms with Gasteiger partial charge in [-0.3, -0.25) is 4.79 Å². The molecule has 0 unspecified atom stereocenters. The minimum Gasteiger partial charge on any atom is -0.496 e. The molecule has 16 heavy (non-hydrogen) atoms. The minimum absolute atomic E-state index is 0.0273. The number of carbonyl (C=O) groups excluding carboxylic acids is 1. The van der Waals surface area contributed by atoms with Gasteiger partial charge in [-0.05, 0) is 31.5 Å². The molecule has 0 heterocycles. The van der Waals surface area contributed by atoms with E-state index < -0.39 is 0 Å². The van der Waals surface area contributed by atoms with Crippen LogP contribution in [-0.4, -0.2) is 24.6 Å². The summed E-state index contributed by atoms with van der Waals surface area (Å²) in [4.78, 5) is 11.2. The van der Waals surface area contributed by atoms with Crippen LogP contribution in [0.3, 0.4) is 0 Å². The Hall–Kier alpha value is -1.61. The number of aliphatic hydroxyl groups is 1. The van der Waals surface area contributed by atoms with Crippen molar-refractivity contribution in [3.05, 3.63) is 35.4 Å². The molecule has 1 aromatic rings. The highest BCUT2D eigenvalue weighted by Crippen LogP contribution is 2.21. The quantitative estimate of drug-likeness (QED) is 0.774. The first-order valence-corrected chi connectivity index (χ1v) is 5.15. The number of aliphatic hydroxyl groups excluding tert-OH is 1. The minimum atomic E-state index is 0.0273. The van der Waals surface area contributed by atoms with Crippen LogP contribution >= 0.6 is 0 Å². The maximum atomic E-state index is 11.2. The summed E-state index contributed by atoms with van der Waals surface area (Å²) in [6.45, 7) is 1.65. The third-order valence-corrected chi connectivity index (χ3v) is 2.23. The summed E-state index contributed by atoms with van der Waals surface area (Å²) >= 11 is 0. The second kappa shape index (κ2) is 6.08. The lowest BCUT2D eigenvalue weighted by atomic mass is 10.1. The van der Waals surface area contributed by atoms with Crippen LogP contribution in [0.1, 0.15) is 29.3 Å². The van der Waals surface area contributed by atoms with Crippen molar-refractivity contribution < 1.29 is 14.6 Å². The van der Waals surface area contributed by atoms with Gasteiger partial charge in [0.15, 0.2) is 5.78 Å². The van der Waals surface area contributed by atoms with Crippen molar-refractivity contribution >= 4 is 11.9 Å². The predicted molar refractivity (Wildman–Crippen MR) is 63.7 cm³/mol. The molecule has 1 aromatic carbocycles. The molecule has 0 aliphatic rings. The van der Waals surface area contributed by atoms with E-state index in [0.717, 1.165) is 11.3 Å². The topological polar surface area (TPSA) is 46.5 Å². The van der Waals surface area contributed by atoms with E-state index in [9.17, 15) is 4.79 Å². The maximum Gasteiger partial charge on any atom is 0.159 e. The van der Waals surface area contributed by atoms with Gasteiger partial charge >= 0.3 is 0 Å². The lowest BCUT2D eigenvalue weighted by molar-refractivity contribution is 0.101. The highest BCUT2D eigenvalue weighted by atomic mass is 16.5. The molecule has 0 aliphatic carbocycles. The molecule has 0 fully saturated rings. The van der Waals surface area contributed by atoms with Gasteiger partial charge in [-0.25, -0.2) is 0 Å². The number of Topliss-reactive ketones (excluding diaryl/α,β-unsaturated/α-hetero) is 1. The molecular weight excluding hydrogens is 204 g/mol. The smallest absolute Gasteiger partial charge is 0.159 e. The Kier molecular flexibility index (Phi) is 4.73. The third-order valence-electron chi connectivity index (χ3n) is 2.23. The summed E-state index contributed by atoms with van der Waals surface area (Å²) in [5, 5.41) is 8.68. The SMILES string of the molecule is COc1ccc(C(C)=O)cc1C=CCCO. The van der Waals surface area contributed by atoms with Crippen LogP contribution in [0.5, 0.6) is 5.75 Å². The van der Waals surface area contributed by atoms with E-state index >= 15 is 0 Å². The second-order valence-electron chi connectivity index (χ2n) is 3.43. The van der Waals surface area contributed by atoms with Gasteiger partial charge in [0.05, 0.1) is 7.11 Å². The van der Waals surface area contributed by atoms with Gasteiger partial charge in [-0.2, -0.15) is 0 Å². The summed E-state index contributed by atoms with van der Waals surface area (Å²) in [7, 11) is 1.59. The van der Waals surface area contributed by atoms with E-state index in [-0.39, 0.29) is 12.4 Å². The predicted octanol–water partition coefficient (Wildman–Crippen LogP) is 2.29. The number of methoxy groups -OCH3 is 1. The average molecular weight is 220 g/mol. The molecule has 1 rings (SSSR count). The van der Waals surface area contributed by atoms with Crippen LogP contribution < -0.4 is 4.74 Å². The number of hydrogen-bond donors (Lipinski definition) is 1. The largest absolute Gasteiger partial charge is 0.496 e. The molecule has 86 valence electrons. The monoisotopic (exact) mass is 220 g/mol. The lowest BCUT2D eigenvalue weighted by Gasteiger charge is -2.06.